The summed E-state index contributed by atoms with van der Waals surface area (Å²) in [5, 5.41) is 3.48. The fraction of sp³-hybridized carbons (Fsp3) is 0.500. The van der Waals surface area contributed by atoms with Crippen LogP contribution in [-0.4, -0.2) is 50.0 Å². The standard InChI is InChI=1S/C28H40ClN3O4S/c1-7-21(4)30-28(34)25(8-2)31(19-23-13-9-12-20(3)18-23)27(33)16-11-17-32(37(6,35)36)26-15-10-14-24(29)22(26)5/h9-10,12-15,18,21,25H,7-8,11,16-17,19H2,1-6H3,(H,30,34)/t21-,25-/m1/s1. The molecule has 0 bridgehead atoms. The number of hydrogen-bond acceptors (Lipinski definition) is 4. The molecule has 0 saturated carbocycles. The Morgan fingerprint density at radius 3 is 2.32 bits per heavy atom. The van der Waals surface area contributed by atoms with Crippen molar-refractivity contribution < 1.29 is 18.0 Å². The van der Waals surface area contributed by atoms with Gasteiger partial charge in [-0.25, -0.2) is 8.42 Å². The third kappa shape index (κ3) is 8.75. The first kappa shape index (κ1) is 30.6. The summed E-state index contributed by atoms with van der Waals surface area (Å²) in [5.74, 6) is -0.367. The minimum Gasteiger partial charge on any atom is -0.352 e. The largest absolute Gasteiger partial charge is 0.352 e. The number of halogens is 1. The molecule has 0 unspecified atom stereocenters. The van der Waals surface area contributed by atoms with Crippen LogP contribution in [0.15, 0.2) is 42.5 Å². The fourth-order valence-corrected chi connectivity index (χ4v) is 5.40. The quantitative estimate of drug-likeness (QED) is 0.371. The summed E-state index contributed by atoms with van der Waals surface area (Å²) < 4.78 is 26.5. The Labute approximate surface area is 227 Å². The zero-order valence-corrected chi connectivity index (χ0v) is 24.3. The molecule has 0 radical (unpaired) electrons. The van der Waals surface area contributed by atoms with Crippen molar-refractivity contribution in [3.63, 3.8) is 0 Å². The first-order valence-corrected chi connectivity index (χ1v) is 15.0. The van der Waals surface area contributed by atoms with Crippen LogP contribution in [0.25, 0.3) is 0 Å². The van der Waals surface area contributed by atoms with Gasteiger partial charge in [-0.1, -0.05) is 61.3 Å². The second-order valence-electron chi connectivity index (χ2n) is 9.58. The van der Waals surface area contributed by atoms with Crippen molar-refractivity contribution in [2.24, 2.45) is 0 Å². The van der Waals surface area contributed by atoms with Crippen molar-refractivity contribution in [3.05, 3.63) is 64.2 Å². The molecule has 0 saturated heterocycles. The van der Waals surface area contributed by atoms with Crippen LogP contribution in [0.2, 0.25) is 5.02 Å². The number of benzene rings is 2. The molecule has 7 nitrogen and oxygen atoms in total. The second kappa shape index (κ2) is 13.8. The van der Waals surface area contributed by atoms with E-state index in [1.54, 1.807) is 30.0 Å². The van der Waals surface area contributed by atoms with Gasteiger partial charge in [0.15, 0.2) is 0 Å². The van der Waals surface area contributed by atoms with Crippen LogP contribution in [0, 0.1) is 13.8 Å². The molecular weight excluding hydrogens is 510 g/mol. The Morgan fingerprint density at radius 1 is 1.05 bits per heavy atom. The van der Waals surface area contributed by atoms with Gasteiger partial charge in [0.2, 0.25) is 21.8 Å². The number of anilines is 1. The summed E-state index contributed by atoms with van der Waals surface area (Å²) in [7, 11) is -3.59. The lowest BCUT2D eigenvalue weighted by atomic mass is 10.1. The maximum Gasteiger partial charge on any atom is 0.243 e. The highest BCUT2D eigenvalue weighted by Gasteiger charge is 2.29. The normalized spacial score (nSPS) is 13.1. The molecule has 2 aromatic carbocycles. The summed E-state index contributed by atoms with van der Waals surface area (Å²) in [6, 6.07) is 12.4. The van der Waals surface area contributed by atoms with Crippen molar-refractivity contribution in [1.82, 2.24) is 10.2 Å². The predicted octanol–water partition coefficient (Wildman–Crippen LogP) is 5.23. The molecule has 0 aliphatic rings. The van der Waals surface area contributed by atoms with Crippen LogP contribution in [0.1, 0.15) is 63.1 Å². The number of carbonyl (C=O) groups excluding carboxylic acids is 2. The van der Waals surface area contributed by atoms with E-state index in [4.69, 9.17) is 11.6 Å². The number of rotatable bonds is 13. The third-order valence-electron chi connectivity index (χ3n) is 6.48. The van der Waals surface area contributed by atoms with E-state index < -0.39 is 16.1 Å². The summed E-state index contributed by atoms with van der Waals surface area (Å²) in [4.78, 5) is 28.3. The predicted molar refractivity (Wildman–Crippen MR) is 151 cm³/mol. The van der Waals surface area contributed by atoms with Gasteiger partial charge in [-0.3, -0.25) is 13.9 Å². The molecule has 9 heteroatoms. The van der Waals surface area contributed by atoms with Crippen LogP contribution in [0.4, 0.5) is 5.69 Å². The van der Waals surface area contributed by atoms with E-state index in [0.717, 1.165) is 23.8 Å². The first-order valence-electron chi connectivity index (χ1n) is 12.8. The Hall–Kier alpha value is -2.58. The maximum atomic E-state index is 13.5. The highest BCUT2D eigenvalue weighted by atomic mass is 35.5. The molecule has 1 N–H and O–H groups in total. The van der Waals surface area contributed by atoms with Crippen LogP contribution in [0.3, 0.4) is 0 Å². The van der Waals surface area contributed by atoms with E-state index in [9.17, 15) is 18.0 Å². The van der Waals surface area contributed by atoms with E-state index in [1.807, 2.05) is 52.0 Å². The molecule has 0 heterocycles. The fourth-order valence-electron chi connectivity index (χ4n) is 4.22. The van der Waals surface area contributed by atoms with Crippen molar-refractivity contribution in [2.75, 3.05) is 17.1 Å². The van der Waals surface area contributed by atoms with Gasteiger partial charge in [0.05, 0.1) is 11.9 Å². The summed E-state index contributed by atoms with van der Waals surface area (Å²) in [6.07, 6.45) is 2.80. The van der Waals surface area contributed by atoms with Crippen LogP contribution >= 0.6 is 11.6 Å². The molecule has 0 spiro atoms. The zero-order valence-electron chi connectivity index (χ0n) is 22.8. The van der Waals surface area contributed by atoms with Crippen LogP contribution in [0.5, 0.6) is 0 Å². The number of aryl methyl sites for hydroxylation is 1. The maximum absolute atomic E-state index is 13.5. The second-order valence-corrected chi connectivity index (χ2v) is 11.9. The first-order chi connectivity index (χ1) is 17.4. The SMILES string of the molecule is CC[C@@H](C)NC(=O)[C@@H](CC)N(Cc1cccc(C)c1)C(=O)CCCN(c1cccc(Cl)c1C)S(C)(=O)=O. The zero-order chi connectivity index (χ0) is 27.8. The Kier molecular flexibility index (Phi) is 11.4. The van der Waals surface area contributed by atoms with E-state index in [2.05, 4.69) is 5.32 Å². The minimum absolute atomic E-state index is 0.00160. The van der Waals surface area contributed by atoms with Crippen LogP contribution in [-0.2, 0) is 26.2 Å². The van der Waals surface area contributed by atoms with Gasteiger partial charge in [-0.05, 0) is 63.3 Å². The van der Waals surface area contributed by atoms with Gasteiger partial charge >= 0.3 is 0 Å². The molecule has 204 valence electrons. The van der Waals surface area contributed by atoms with Gasteiger partial charge in [-0.15, -0.1) is 0 Å². The molecule has 2 amide bonds. The summed E-state index contributed by atoms with van der Waals surface area (Å²) >= 11 is 6.23. The summed E-state index contributed by atoms with van der Waals surface area (Å²) in [5.41, 5.74) is 3.17. The molecular formula is C28H40ClN3O4S. The Bertz CT molecular complexity index is 1190. The van der Waals surface area contributed by atoms with E-state index >= 15 is 0 Å². The lowest BCUT2D eigenvalue weighted by molar-refractivity contribution is -0.141. The molecule has 0 aromatic heterocycles. The number of nitrogens with zero attached hydrogens (tertiary/aromatic N) is 2. The molecule has 2 rings (SSSR count). The minimum atomic E-state index is -3.59. The Morgan fingerprint density at radius 2 is 1.73 bits per heavy atom. The van der Waals surface area contributed by atoms with Gasteiger partial charge in [0.25, 0.3) is 0 Å². The van der Waals surface area contributed by atoms with E-state index in [-0.39, 0.29) is 30.8 Å². The van der Waals surface area contributed by atoms with E-state index in [0.29, 0.717) is 35.7 Å². The van der Waals surface area contributed by atoms with Gasteiger partial charge in [0.1, 0.15) is 6.04 Å². The van der Waals surface area contributed by atoms with Gasteiger partial charge < -0.3 is 10.2 Å². The highest BCUT2D eigenvalue weighted by molar-refractivity contribution is 7.92. The van der Waals surface area contributed by atoms with Crippen molar-refractivity contribution in [3.8, 4) is 0 Å². The molecule has 0 aliphatic carbocycles. The van der Waals surface area contributed by atoms with Crippen molar-refractivity contribution >= 4 is 39.1 Å². The molecule has 2 aromatic rings. The monoisotopic (exact) mass is 549 g/mol. The number of sulfonamides is 1. The van der Waals surface area contributed by atoms with Crippen LogP contribution < -0.4 is 9.62 Å². The van der Waals surface area contributed by atoms with Gasteiger partial charge in [-0.2, -0.15) is 0 Å². The van der Waals surface area contributed by atoms with Crippen molar-refractivity contribution in [2.45, 2.75) is 78.9 Å². The lowest BCUT2D eigenvalue weighted by Crippen LogP contribution is -2.50. The smallest absolute Gasteiger partial charge is 0.243 e. The number of carbonyl (C=O) groups is 2. The third-order valence-corrected chi connectivity index (χ3v) is 8.07. The molecule has 37 heavy (non-hydrogen) atoms. The summed E-state index contributed by atoms with van der Waals surface area (Å²) in [6.45, 7) is 10.0. The molecule has 0 fully saturated rings. The average molecular weight is 550 g/mol. The lowest BCUT2D eigenvalue weighted by Gasteiger charge is -2.32. The van der Waals surface area contributed by atoms with Gasteiger partial charge in [0, 0.05) is 30.6 Å². The topological polar surface area (TPSA) is 86.8 Å². The highest BCUT2D eigenvalue weighted by Crippen LogP contribution is 2.28. The Balaban J connectivity index is 2.26. The average Bonchev–Trinajstić information content (AvgIpc) is 2.82. The number of nitrogens with one attached hydrogen (secondary N) is 1. The molecule has 2 atom stereocenters. The van der Waals surface area contributed by atoms with Crippen molar-refractivity contribution in [1.29, 1.82) is 0 Å². The number of hydrogen-bond donors (Lipinski definition) is 1. The number of amides is 2. The molecule has 0 aliphatic heterocycles. The van der Waals surface area contributed by atoms with E-state index in [1.165, 1.54) is 4.31 Å².